The van der Waals surface area contributed by atoms with Crippen molar-refractivity contribution in [2.45, 2.75) is 12.0 Å². The van der Waals surface area contributed by atoms with Crippen molar-refractivity contribution in [2.24, 2.45) is 0 Å². The number of aliphatic carboxylic acids is 1. The van der Waals surface area contributed by atoms with Crippen LogP contribution in [0.25, 0.3) is 0 Å². The zero-order valence-electron chi connectivity index (χ0n) is 15.6. The number of likely N-dealkylation sites (N-methyl/N-ethyl adjacent to an activating group) is 1. The van der Waals surface area contributed by atoms with E-state index in [4.69, 9.17) is 18.9 Å². The summed E-state index contributed by atoms with van der Waals surface area (Å²) in [6.07, 6.45) is 0. The second kappa shape index (κ2) is 6.63. The molecule has 1 amide bonds. The summed E-state index contributed by atoms with van der Waals surface area (Å²) in [5.41, 5.74) is 1.31. The van der Waals surface area contributed by atoms with E-state index in [-0.39, 0.29) is 18.3 Å². The smallest absolute Gasteiger partial charge is 0.313 e. The maximum absolute atomic E-state index is 13.1. The molecule has 8 heteroatoms. The fraction of sp³-hybridized carbons (Fsp3) is 0.300. The van der Waals surface area contributed by atoms with Gasteiger partial charge >= 0.3 is 5.97 Å². The van der Waals surface area contributed by atoms with Crippen LogP contribution in [0.3, 0.4) is 0 Å². The summed E-state index contributed by atoms with van der Waals surface area (Å²) < 4.78 is 21.3. The third-order valence-electron chi connectivity index (χ3n) is 5.18. The minimum Gasteiger partial charge on any atom is -0.493 e. The minimum absolute atomic E-state index is 0.112. The predicted octanol–water partition coefficient (Wildman–Crippen LogP) is 2.43. The molecule has 0 saturated heterocycles. The topological polar surface area (TPSA) is 94.5 Å². The van der Waals surface area contributed by atoms with Crippen LogP contribution >= 0.6 is 0 Å². The van der Waals surface area contributed by atoms with E-state index >= 15 is 0 Å². The Morgan fingerprint density at radius 3 is 2.46 bits per heavy atom. The van der Waals surface area contributed by atoms with E-state index in [0.717, 1.165) is 0 Å². The molecule has 2 aliphatic rings. The van der Waals surface area contributed by atoms with Crippen molar-refractivity contribution in [3.8, 4) is 23.0 Å². The number of methoxy groups -OCH3 is 2. The third kappa shape index (κ3) is 2.60. The second-order valence-corrected chi connectivity index (χ2v) is 6.58. The molecule has 0 fully saturated rings. The summed E-state index contributed by atoms with van der Waals surface area (Å²) in [6.45, 7) is 0.112. The van der Waals surface area contributed by atoms with E-state index in [1.165, 1.54) is 25.2 Å². The van der Waals surface area contributed by atoms with Gasteiger partial charge in [0.15, 0.2) is 23.0 Å². The number of carboxylic acids is 1. The quantitative estimate of drug-likeness (QED) is 0.864. The van der Waals surface area contributed by atoms with E-state index in [1.54, 1.807) is 31.3 Å². The van der Waals surface area contributed by atoms with Crippen LogP contribution in [0.15, 0.2) is 30.3 Å². The molecule has 8 nitrogen and oxygen atoms in total. The number of benzene rings is 2. The number of amides is 1. The first-order valence-corrected chi connectivity index (χ1v) is 8.61. The first-order valence-electron chi connectivity index (χ1n) is 8.61. The van der Waals surface area contributed by atoms with E-state index in [0.29, 0.717) is 34.1 Å². The number of hydrogen-bond donors (Lipinski definition) is 1. The number of ether oxygens (including phenoxy) is 4. The van der Waals surface area contributed by atoms with Gasteiger partial charge in [-0.25, -0.2) is 0 Å². The van der Waals surface area contributed by atoms with Crippen molar-refractivity contribution >= 4 is 11.9 Å². The van der Waals surface area contributed by atoms with Crippen LogP contribution in [0.4, 0.5) is 0 Å². The first kappa shape index (κ1) is 18.0. The lowest BCUT2D eigenvalue weighted by Gasteiger charge is -2.39. The van der Waals surface area contributed by atoms with Gasteiger partial charge in [0.1, 0.15) is 5.92 Å². The zero-order chi connectivity index (χ0) is 20.0. The van der Waals surface area contributed by atoms with Gasteiger partial charge in [-0.1, -0.05) is 6.07 Å². The van der Waals surface area contributed by atoms with Crippen molar-refractivity contribution in [2.75, 3.05) is 28.1 Å². The van der Waals surface area contributed by atoms with Gasteiger partial charge < -0.3 is 29.0 Å². The molecule has 0 aliphatic carbocycles. The fourth-order valence-electron chi connectivity index (χ4n) is 3.83. The van der Waals surface area contributed by atoms with Gasteiger partial charge in [-0.15, -0.1) is 0 Å². The largest absolute Gasteiger partial charge is 0.493 e. The summed E-state index contributed by atoms with van der Waals surface area (Å²) in [5, 5.41) is 10.0. The molecule has 2 aromatic carbocycles. The highest BCUT2D eigenvalue weighted by Crippen LogP contribution is 2.47. The molecule has 2 atom stereocenters. The molecule has 2 aliphatic heterocycles. The van der Waals surface area contributed by atoms with Crippen molar-refractivity contribution in [1.29, 1.82) is 0 Å². The maximum Gasteiger partial charge on any atom is 0.313 e. The molecule has 4 rings (SSSR count). The van der Waals surface area contributed by atoms with Crippen molar-refractivity contribution in [3.05, 3.63) is 47.0 Å². The Labute approximate surface area is 161 Å². The summed E-state index contributed by atoms with van der Waals surface area (Å²) >= 11 is 0. The summed E-state index contributed by atoms with van der Waals surface area (Å²) in [5.74, 6) is -0.472. The predicted molar refractivity (Wildman–Crippen MR) is 97.3 cm³/mol. The van der Waals surface area contributed by atoms with Gasteiger partial charge in [-0.05, 0) is 35.4 Å². The molecule has 0 radical (unpaired) electrons. The highest BCUT2D eigenvalue weighted by atomic mass is 16.7. The van der Waals surface area contributed by atoms with Gasteiger partial charge in [-0.3, -0.25) is 9.59 Å². The van der Waals surface area contributed by atoms with Crippen LogP contribution < -0.4 is 18.9 Å². The van der Waals surface area contributed by atoms with Gasteiger partial charge in [0.25, 0.3) is 5.91 Å². The Balaban J connectivity index is 1.89. The van der Waals surface area contributed by atoms with E-state index < -0.39 is 17.9 Å². The maximum atomic E-state index is 13.1. The number of carboxylic acid groups (broad SMARTS) is 1. The molecule has 0 spiro atoms. The van der Waals surface area contributed by atoms with Crippen LogP contribution in [0.2, 0.25) is 0 Å². The van der Waals surface area contributed by atoms with E-state index in [9.17, 15) is 14.7 Å². The number of carbonyl (C=O) groups is 2. The summed E-state index contributed by atoms with van der Waals surface area (Å²) in [6, 6.07) is 7.57. The lowest BCUT2D eigenvalue weighted by Crippen LogP contribution is -2.42. The van der Waals surface area contributed by atoms with Gasteiger partial charge in [0.05, 0.1) is 20.3 Å². The van der Waals surface area contributed by atoms with Gasteiger partial charge in [0.2, 0.25) is 6.79 Å². The third-order valence-corrected chi connectivity index (χ3v) is 5.18. The molecular formula is C20H19NO7. The molecule has 2 heterocycles. The first-order chi connectivity index (χ1) is 13.5. The number of carbonyl (C=O) groups excluding carboxylic acids is 1. The average Bonchev–Trinajstić information content (AvgIpc) is 3.16. The number of rotatable bonds is 4. The zero-order valence-corrected chi connectivity index (χ0v) is 15.6. The molecule has 0 unspecified atom stereocenters. The molecule has 1 N–H and O–H groups in total. The molecule has 0 bridgehead atoms. The lowest BCUT2D eigenvalue weighted by atomic mass is 9.79. The van der Waals surface area contributed by atoms with Gasteiger partial charge in [0, 0.05) is 12.6 Å². The molecule has 28 heavy (non-hydrogen) atoms. The highest BCUT2D eigenvalue weighted by molar-refractivity contribution is 6.01. The van der Waals surface area contributed by atoms with Crippen molar-refractivity contribution in [3.63, 3.8) is 0 Å². The Hall–Kier alpha value is -3.42. The molecule has 2 aromatic rings. The molecule has 0 aromatic heterocycles. The van der Waals surface area contributed by atoms with Crippen LogP contribution in [0, 0.1) is 0 Å². The molecular weight excluding hydrogens is 366 g/mol. The van der Waals surface area contributed by atoms with Crippen LogP contribution in [-0.2, 0) is 4.79 Å². The monoisotopic (exact) mass is 385 g/mol. The summed E-state index contributed by atoms with van der Waals surface area (Å²) in [4.78, 5) is 26.8. The summed E-state index contributed by atoms with van der Waals surface area (Å²) in [7, 11) is 4.52. The van der Waals surface area contributed by atoms with Crippen LogP contribution in [0.5, 0.6) is 23.0 Å². The van der Waals surface area contributed by atoms with Crippen molar-refractivity contribution in [1.82, 2.24) is 4.90 Å². The Bertz CT molecular complexity index is 971. The molecule has 146 valence electrons. The van der Waals surface area contributed by atoms with Gasteiger partial charge in [-0.2, -0.15) is 0 Å². The molecule has 0 saturated carbocycles. The van der Waals surface area contributed by atoms with E-state index in [2.05, 4.69) is 0 Å². The second-order valence-electron chi connectivity index (χ2n) is 6.58. The average molecular weight is 385 g/mol. The number of nitrogens with zero attached hydrogens (tertiary/aromatic N) is 1. The highest BCUT2D eigenvalue weighted by Gasteiger charge is 2.44. The van der Waals surface area contributed by atoms with Crippen molar-refractivity contribution < 1.29 is 33.6 Å². The lowest BCUT2D eigenvalue weighted by molar-refractivity contribution is -0.140. The normalized spacial score (nSPS) is 20.0. The Morgan fingerprint density at radius 2 is 1.79 bits per heavy atom. The van der Waals surface area contributed by atoms with Crippen LogP contribution in [-0.4, -0.2) is 49.9 Å². The fourth-order valence-corrected chi connectivity index (χ4v) is 3.83. The SMILES string of the molecule is COc1cc2c(cc1OC)[C@@H](C(=O)O)[C@H](c1ccc3c(c1)OCO3)N(C)C2=O. The Morgan fingerprint density at radius 1 is 1.11 bits per heavy atom. The number of fused-ring (bicyclic) bond motifs is 2. The minimum atomic E-state index is -1.05. The Kier molecular flexibility index (Phi) is 4.26. The van der Waals surface area contributed by atoms with Crippen LogP contribution in [0.1, 0.15) is 33.4 Å². The number of hydrogen-bond acceptors (Lipinski definition) is 6. The van der Waals surface area contributed by atoms with E-state index in [1.807, 2.05) is 0 Å². The standard InChI is InChI=1S/C20H19NO7/c1-21-18(10-4-5-13-16(6-10)28-9-27-13)17(20(23)24)11-7-14(25-2)15(26-3)8-12(11)19(21)22/h4-8,17-18H,9H2,1-3H3,(H,23,24)/t17-,18+/m1/s1.